The fraction of sp³-hybridized carbons (Fsp3) is 0.600. The summed E-state index contributed by atoms with van der Waals surface area (Å²) in [6.07, 6.45) is 4.70. The van der Waals surface area contributed by atoms with Crippen LogP contribution >= 0.6 is 15.9 Å². The third-order valence-corrected chi connectivity index (χ3v) is 6.66. The second-order valence-electron chi connectivity index (χ2n) is 6.11. The minimum absolute atomic E-state index is 0.199. The summed E-state index contributed by atoms with van der Waals surface area (Å²) < 4.78 is 24.6. The van der Waals surface area contributed by atoms with Crippen molar-refractivity contribution in [3.8, 4) is 0 Å². The van der Waals surface area contributed by atoms with Gasteiger partial charge in [-0.15, -0.1) is 0 Å². The van der Waals surface area contributed by atoms with Crippen LogP contribution in [0.2, 0.25) is 0 Å². The van der Waals surface area contributed by atoms with Crippen molar-refractivity contribution in [1.29, 1.82) is 0 Å². The van der Waals surface area contributed by atoms with Crippen molar-refractivity contribution >= 4 is 25.8 Å². The van der Waals surface area contributed by atoms with Gasteiger partial charge in [0.05, 0.1) is 5.25 Å². The topological polar surface area (TPSA) is 60.2 Å². The molecule has 0 amide bonds. The van der Waals surface area contributed by atoms with E-state index in [2.05, 4.69) is 15.9 Å². The van der Waals surface area contributed by atoms with Gasteiger partial charge in [-0.3, -0.25) is 0 Å². The average molecular weight is 360 g/mol. The molecule has 0 heterocycles. The minimum atomic E-state index is -2.97. The van der Waals surface area contributed by atoms with E-state index in [1.165, 1.54) is 6.26 Å². The first kappa shape index (κ1) is 16.0. The third-order valence-electron chi connectivity index (χ3n) is 4.53. The number of rotatable bonds is 3. The molecule has 1 aliphatic rings. The Labute approximate surface area is 130 Å². The summed E-state index contributed by atoms with van der Waals surface area (Å²) in [6.45, 7) is 2.02. The molecule has 1 fully saturated rings. The van der Waals surface area contributed by atoms with E-state index in [1.807, 2.05) is 31.2 Å². The molecule has 1 aliphatic carbocycles. The fourth-order valence-electron chi connectivity index (χ4n) is 3.14. The molecule has 1 aromatic rings. The van der Waals surface area contributed by atoms with Gasteiger partial charge in [-0.1, -0.05) is 34.5 Å². The Hall–Kier alpha value is -0.390. The first-order valence-corrected chi connectivity index (χ1v) is 9.70. The lowest BCUT2D eigenvalue weighted by Gasteiger charge is -2.39. The molecule has 2 N–H and O–H groups in total. The molecule has 2 rings (SSSR count). The Bertz CT molecular complexity index is 583. The van der Waals surface area contributed by atoms with Crippen LogP contribution in [0.4, 0.5) is 0 Å². The normalized spacial score (nSPS) is 27.0. The summed E-state index contributed by atoms with van der Waals surface area (Å²) >= 11 is 3.47. The van der Waals surface area contributed by atoms with E-state index in [4.69, 9.17) is 5.73 Å². The number of halogens is 1. The van der Waals surface area contributed by atoms with Gasteiger partial charge < -0.3 is 5.73 Å². The van der Waals surface area contributed by atoms with Crippen LogP contribution in [-0.4, -0.2) is 19.9 Å². The molecule has 1 saturated carbocycles. The highest BCUT2D eigenvalue weighted by atomic mass is 79.9. The number of benzene rings is 1. The van der Waals surface area contributed by atoms with E-state index >= 15 is 0 Å². The quantitative estimate of drug-likeness (QED) is 0.900. The maximum Gasteiger partial charge on any atom is 0.150 e. The van der Waals surface area contributed by atoms with Crippen molar-refractivity contribution in [2.45, 2.75) is 43.4 Å². The van der Waals surface area contributed by atoms with Gasteiger partial charge in [0.1, 0.15) is 9.84 Å². The van der Waals surface area contributed by atoms with Crippen molar-refractivity contribution in [3.05, 3.63) is 34.3 Å². The van der Waals surface area contributed by atoms with Gasteiger partial charge in [-0.2, -0.15) is 0 Å². The molecule has 5 heteroatoms. The summed E-state index contributed by atoms with van der Waals surface area (Å²) in [4.78, 5) is 0. The molecule has 112 valence electrons. The molecule has 20 heavy (non-hydrogen) atoms. The number of hydrogen-bond donors (Lipinski definition) is 1. The molecule has 0 radical (unpaired) electrons. The molecule has 3 nitrogen and oxygen atoms in total. The summed E-state index contributed by atoms with van der Waals surface area (Å²) in [5, 5.41) is -0.240. The molecular formula is C15H22BrNO2S. The molecule has 1 aromatic carbocycles. The molecular weight excluding hydrogens is 338 g/mol. The van der Waals surface area contributed by atoms with Crippen LogP contribution in [0, 0.1) is 5.92 Å². The molecule has 3 atom stereocenters. The third kappa shape index (κ3) is 3.43. The zero-order valence-corrected chi connectivity index (χ0v) is 14.4. The Kier molecular flexibility index (Phi) is 4.62. The molecule has 0 aromatic heterocycles. The minimum Gasteiger partial charge on any atom is -0.321 e. The predicted molar refractivity (Wildman–Crippen MR) is 86.3 cm³/mol. The number of nitrogens with two attached hydrogens (primary N) is 1. The predicted octanol–water partition coefficient (Wildman–Crippen LogP) is 3.23. The molecule has 3 unspecified atom stereocenters. The maximum atomic E-state index is 11.8. The van der Waals surface area contributed by atoms with Crippen molar-refractivity contribution < 1.29 is 8.42 Å². The van der Waals surface area contributed by atoms with E-state index in [0.717, 1.165) is 29.3 Å². The number of hydrogen-bond acceptors (Lipinski definition) is 3. The second kappa shape index (κ2) is 5.78. The SMILES string of the molecule is CC(N)(c1cccc(Br)c1)C1CCCC(S(C)(=O)=O)C1. The van der Waals surface area contributed by atoms with Crippen molar-refractivity contribution in [3.63, 3.8) is 0 Å². The van der Waals surface area contributed by atoms with Crippen LogP contribution < -0.4 is 5.73 Å². The molecule has 0 aliphatic heterocycles. The first-order valence-electron chi connectivity index (χ1n) is 6.95. The van der Waals surface area contributed by atoms with Gasteiger partial charge in [0.15, 0.2) is 0 Å². The van der Waals surface area contributed by atoms with Crippen LogP contribution in [0.25, 0.3) is 0 Å². The monoisotopic (exact) mass is 359 g/mol. The van der Waals surface area contributed by atoms with Gasteiger partial charge in [-0.05, 0) is 49.8 Å². The van der Waals surface area contributed by atoms with Gasteiger partial charge in [0.25, 0.3) is 0 Å². The second-order valence-corrected chi connectivity index (χ2v) is 9.35. The molecule has 0 bridgehead atoms. The van der Waals surface area contributed by atoms with E-state index in [1.54, 1.807) is 0 Å². The Morgan fingerprint density at radius 2 is 2.05 bits per heavy atom. The van der Waals surface area contributed by atoms with Crippen LogP contribution in [0.1, 0.15) is 38.2 Å². The summed E-state index contributed by atoms with van der Waals surface area (Å²) in [5.41, 5.74) is 7.14. The van der Waals surface area contributed by atoms with Crippen molar-refractivity contribution in [1.82, 2.24) is 0 Å². The summed E-state index contributed by atoms with van der Waals surface area (Å²) in [5.74, 6) is 0.199. The standard InChI is InChI=1S/C15H22BrNO2S/c1-15(17,11-5-3-7-13(16)9-11)12-6-4-8-14(10-12)20(2,18)19/h3,5,7,9,12,14H,4,6,8,10,17H2,1-2H3. The van der Waals surface area contributed by atoms with Crippen LogP contribution in [-0.2, 0) is 15.4 Å². The Balaban J connectivity index is 2.25. The summed E-state index contributed by atoms with van der Waals surface area (Å²) in [6, 6.07) is 8.00. The van der Waals surface area contributed by atoms with Gasteiger partial charge >= 0.3 is 0 Å². The highest BCUT2D eigenvalue weighted by molar-refractivity contribution is 9.10. The Morgan fingerprint density at radius 3 is 2.65 bits per heavy atom. The van der Waals surface area contributed by atoms with E-state index in [0.29, 0.717) is 6.42 Å². The van der Waals surface area contributed by atoms with E-state index in [9.17, 15) is 8.42 Å². The van der Waals surface area contributed by atoms with Crippen LogP contribution in [0.15, 0.2) is 28.7 Å². The van der Waals surface area contributed by atoms with Gasteiger partial charge in [0.2, 0.25) is 0 Å². The maximum absolute atomic E-state index is 11.8. The lowest BCUT2D eigenvalue weighted by atomic mass is 9.72. The summed E-state index contributed by atoms with van der Waals surface area (Å²) in [7, 11) is -2.97. The number of sulfone groups is 1. The highest BCUT2D eigenvalue weighted by Crippen LogP contribution is 2.39. The van der Waals surface area contributed by atoms with Crippen LogP contribution in [0.5, 0.6) is 0 Å². The fourth-order valence-corrected chi connectivity index (χ4v) is 4.71. The van der Waals surface area contributed by atoms with Gasteiger partial charge in [-0.25, -0.2) is 8.42 Å². The largest absolute Gasteiger partial charge is 0.321 e. The molecule has 0 spiro atoms. The lowest BCUT2D eigenvalue weighted by molar-refractivity contribution is 0.225. The average Bonchev–Trinajstić information content (AvgIpc) is 2.38. The molecule has 0 saturated heterocycles. The van der Waals surface area contributed by atoms with Crippen molar-refractivity contribution in [2.75, 3.05) is 6.26 Å². The zero-order valence-electron chi connectivity index (χ0n) is 12.0. The highest BCUT2D eigenvalue weighted by Gasteiger charge is 2.38. The van der Waals surface area contributed by atoms with Gasteiger partial charge in [0, 0.05) is 16.3 Å². The Morgan fingerprint density at radius 1 is 1.35 bits per heavy atom. The first-order chi connectivity index (χ1) is 9.21. The van der Waals surface area contributed by atoms with E-state index < -0.39 is 15.4 Å². The van der Waals surface area contributed by atoms with E-state index in [-0.39, 0.29) is 11.2 Å². The van der Waals surface area contributed by atoms with Crippen LogP contribution in [0.3, 0.4) is 0 Å². The van der Waals surface area contributed by atoms with Crippen molar-refractivity contribution in [2.24, 2.45) is 11.7 Å². The smallest absolute Gasteiger partial charge is 0.150 e. The zero-order chi connectivity index (χ0) is 15.0. The lowest BCUT2D eigenvalue weighted by Crippen LogP contribution is -2.45.